The van der Waals surface area contributed by atoms with E-state index in [1.54, 1.807) is 19.1 Å². The Morgan fingerprint density at radius 1 is 0.920 bits per heavy atom. The highest BCUT2D eigenvalue weighted by Crippen LogP contribution is 2.19. The van der Waals surface area contributed by atoms with Gasteiger partial charge in [-0.15, -0.1) is 0 Å². The summed E-state index contributed by atoms with van der Waals surface area (Å²) in [5.74, 6) is -1.62. The minimum absolute atomic E-state index is 0.0977. The molecule has 0 unspecified atom stereocenters. The fourth-order valence-electron chi connectivity index (χ4n) is 3.07. The zero-order chi connectivity index (χ0) is 18.5. The van der Waals surface area contributed by atoms with E-state index < -0.39 is 11.9 Å². The van der Waals surface area contributed by atoms with Crippen LogP contribution in [-0.4, -0.2) is 23.7 Å². The minimum atomic E-state index is -1.06. The van der Waals surface area contributed by atoms with E-state index in [0.29, 0.717) is 6.42 Å². The van der Waals surface area contributed by atoms with Crippen LogP contribution in [0.5, 0.6) is 0 Å². The van der Waals surface area contributed by atoms with Gasteiger partial charge in [-0.3, -0.25) is 0 Å². The molecule has 1 rings (SSSR count). The summed E-state index contributed by atoms with van der Waals surface area (Å²) in [4.78, 5) is 23.6. The molecule has 25 heavy (non-hydrogen) atoms. The number of hydrogen-bond donors (Lipinski definition) is 1. The first-order valence-electron chi connectivity index (χ1n) is 9.64. The molecule has 1 aromatic rings. The summed E-state index contributed by atoms with van der Waals surface area (Å²) in [6.45, 7) is 4.17. The number of ether oxygens (including phenoxy) is 1. The maximum Gasteiger partial charge on any atom is 0.339 e. The molecule has 0 atom stereocenters. The van der Waals surface area contributed by atoms with Crippen LogP contribution in [0, 0.1) is 0 Å². The van der Waals surface area contributed by atoms with Crippen molar-refractivity contribution >= 4 is 11.9 Å². The third-order valence-corrected chi connectivity index (χ3v) is 4.41. The summed E-state index contributed by atoms with van der Waals surface area (Å²) in [6.07, 6.45) is 11.7. The van der Waals surface area contributed by atoms with E-state index in [9.17, 15) is 14.7 Å². The number of esters is 1. The SMILES string of the molecule is CCCCCCCCCCCc1cccc(C(=O)OCC)c1C(=O)O. The Morgan fingerprint density at radius 3 is 2.08 bits per heavy atom. The van der Waals surface area contributed by atoms with Crippen molar-refractivity contribution in [3.63, 3.8) is 0 Å². The number of aryl methyl sites for hydroxylation is 1. The Bertz CT molecular complexity index is 537. The molecule has 0 aliphatic carbocycles. The maximum atomic E-state index is 12.0. The van der Waals surface area contributed by atoms with Gasteiger partial charge >= 0.3 is 11.9 Å². The Hall–Kier alpha value is -1.84. The molecule has 0 spiro atoms. The van der Waals surface area contributed by atoms with Crippen LogP contribution in [-0.2, 0) is 11.2 Å². The number of carbonyl (C=O) groups excluding carboxylic acids is 1. The van der Waals surface area contributed by atoms with Crippen LogP contribution in [0.2, 0.25) is 0 Å². The van der Waals surface area contributed by atoms with E-state index in [2.05, 4.69) is 6.92 Å². The Morgan fingerprint density at radius 2 is 1.52 bits per heavy atom. The van der Waals surface area contributed by atoms with Gasteiger partial charge in [0.25, 0.3) is 0 Å². The number of carbonyl (C=O) groups is 2. The second-order valence-corrected chi connectivity index (χ2v) is 6.44. The highest BCUT2D eigenvalue weighted by atomic mass is 16.5. The summed E-state index contributed by atoms with van der Waals surface area (Å²) >= 11 is 0. The van der Waals surface area contributed by atoms with Crippen LogP contribution in [0.3, 0.4) is 0 Å². The lowest BCUT2D eigenvalue weighted by molar-refractivity contribution is 0.0514. The number of aromatic carboxylic acids is 1. The third-order valence-electron chi connectivity index (χ3n) is 4.41. The predicted octanol–water partition coefficient (Wildman–Crippen LogP) is 5.63. The maximum absolute atomic E-state index is 12.0. The van der Waals surface area contributed by atoms with Crippen molar-refractivity contribution in [1.29, 1.82) is 0 Å². The fourth-order valence-corrected chi connectivity index (χ4v) is 3.07. The van der Waals surface area contributed by atoms with Crippen LogP contribution in [0.1, 0.15) is 97.9 Å². The van der Waals surface area contributed by atoms with E-state index in [1.807, 2.05) is 0 Å². The van der Waals surface area contributed by atoms with E-state index >= 15 is 0 Å². The Kier molecular flexibility index (Phi) is 10.6. The van der Waals surface area contributed by atoms with Gasteiger partial charge < -0.3 is 9.84 Å². The van der Waals surface area contributed by atoms with Crippen molar-refractivity contribution < 1.29 is 19.4 Å². The van der Waals surface area contributed by atoms with Crippen LogP contribution in [0.15, 0.2) is 18.2 Å². The number of carboxylic acid groups (broad SMARTS) is 1. The highest BCUT2D eigenvalue weighted by Gasteiger charge is 2.20. The van der Waals surface area contributed by atoms with Crippen molar-refractivity contribution in [3.8, 4) is 0 Å². The van der Waals surface area contributed by atoms with E-state index in [4.69, 9.17) is 4.74 Å². The molecule has 0 aliphatic heterocycles. The smallest absolute Gasteiger partial charge is 0.339 e. The molecule has 4 nitrogen and oxygen atoms in total. The van der Waals surface area contributed by atoms with Gasteiger partial charge in [-0.1, -0.05) is 70.4 Å². The molecule has 0 heterocycles. The second-order valence-electron chi connectivity index (χ2n) is 6.44. The van der Waals surface area contributed by atoms with Crippen molar-refractivity contribution in [2.24, 2.45) is 0 Å². The van der Waals surface area contributed by atoms with Crippen molar-refractivity contribution in [3.05, 3.63) is 34.9 Å². The summed E-state index contributed by atoms with van der Waals surface area (Å²) in [7, 11) is 0. The number of rotatable bonds is 13. The lowest BCUT2D eigenvalue weighted by atomic mass is 9.96. The van der Waals surface area contributed by atoms with E-state index in [1.165, 1.54) is 51.0 Å². The lowest BCUT2D eigenvalue weighted by Gasteiger charge is -2.11. The molecule has 0 fully saturated rings. The van der Waals surface area contributed by atoms with Gasteiger partial charge in [-0.2, -0.15) is 0 Å². The molecular weight excluding hydrogens is 316 g/mol. The minimum Gasteiger partial charge on any atom is -0.478 e. The van der Waals surface area contributed by atoms with Gasteiger partial charge in [-0.05, 0) is 31.4 Å². The first kappa shape index (κ1) is 21.2. The lowest BCUT2D eigenvalue weighted by Crippen LogP contribution is -2.14. The topological polar surface area (TPSA) is 63.6 Å². The van der Waals surface area contributed by atoms with Gasteiger partial charge in [0.05, 0.1) is 17.7 Å². The fraction of sp³-hybridized carbons (Fsp3) is 0.619. The molecule has 0 aromatic heterocycles. The summed E-state index contributed by atoms with van der Waals surface area (Å²) in [5, 5.41) is 9.50. The number of unbranched alkanes of at least 4 members (excludes halogenated alkanes) is 8. The number of carboxylic acids is 1. The monoisotopic (exact) mass is 348 g/mol. The molecule has 140 valence electrons. The second kappa shape index (κ2) is 12.5. The zero-order valence-corrected chi connectivity index (χ0v) is 15.7. The molecule has 0 aliphatic rings. The predicted molar refractivity (Wildman–Crippen MR) is 100 cm³/mol. The van der Waals surface area contributed by atoms with Crippen molar-refractivity contribution in [1.82, 2.24) is 0 Å². The molecule has 0 bridgehead atoms. The Labute approximate surface area is 151 Å². The first-order valence-corrected chi connectivity index (χ1v) is 9.64. The van der Waals surface area contributed by atoms with Gasteiger partial charge in [0.2, 0.25) is 0 Å². The highest BCUT2D eigenvalue weighted by molar-refractivity contribution is 6.03. The summed E-state index contributed by atoms with van der Waals surface area (Å²) < 4.78 is 4.97. The number of benzene rings is 1. The first-order chi connectivity index (χ1) is 12.1. The molecule has 1 aromatic carbocycles. The molecule has 0 saturated carbocycles. The zero-order valence-electron chi connectivity index (χ0n) is 15.7. The van der Waals surface area contributed by atoms with E-state index in [0.717, 1.165) is 18.4 Å². The van der Waals surface area contributed by atoms with Crippen LogP contribution in [0.4, 0.5) is 0 Å². The molecule has 0 saturated heterocycles. The molecule has 0 amide bonds. The third kappa shape index (κ3) is 7.72. The molecular formula is C21H32O4. The van der Waals surface area contributed by atoms with Crippen LogP contribution in [0.25, 0.3) is 0 Å². The van der Waals surface area contributed by atoms with Gasteiger partial charge in [0.15, 0.2) is 0 Å². The summed E-state index contributed by atoms with van der Waals surface area (Å²) in [5.41, 5.74) is 0.976. The quantitative estimate of drug-likeness (QED) is 0.370. The van der Waals surface area contributed by atoms with Gasteiger partial charge in [0.1, 0.15) is 0 Å². The van der Waals surface area contributed by atoms with Crippen molar-refractivity contribution in [2.75, 3.05) is 6.61 Å². The van der Waals surface area contributed by atoms with E-state index in [-0.39, 0.29) is 17.7 Å². The van der Waals surface area contributed by atoms with Gasteiger partial charge in [-0.25, -0.2) is 9.59 Å². The average molecular weight is 348 g/mol. The largest absolute Gasteiger partial charge is 0.478 e. The standard InChI is InChI=1S/C21H32O4/c1-3-5-6-7-8-9-10-11-12-14-17-15-13-16-18(19(17)20(22)23)21(24)25-4-2/h13,15-16H,3-12,14H2,1-2H3,(H,22,23). The normalized spacial score (nSPS) is 10.6. The van der Waals surface area contributed by atoms with Crippen LogP contribution >= 0.6 is 0 Å². The van der Waals surface area contributed by atoms with Crippen LogP contribution < -0.4 is 0 Å². The molecule has 1 N–H and O–H groups in total. The van der Waals surface area contributed by atoms with Crippen molar-refractivity contribution in [2.45, 2.75) is 78.1 Å². The molecule has 4 heteroatoms. The average Bonchev–Trinajstić information content (AvgIpc) is 2.60. The molecule has 0 radical (unpaired) electrons. The Balaban J connectivity index is 2.49. The van der Waals surface area contributed by atoms with Gasteiger partial charge in [0, 0.05) is 0 Å². The number of hydrogen-bond acceptors (Lipinski definition) is 3. The summed E-state index contributed by atoms with van der Waals surface area (Å²) in [6, 6.07) is 5.07.